The summed E-state index contributed by atoms with van der Waals surface area (Å²) in [5, 5.41) is 10.4. The van der Waals surface area contributed by atoms with Crippen molar-refractivity contribution in [3.63, 3.8) is 0 Å². The minimum Gasteiger partial charge on any atom is -0.496 e. The largest absolute Gasteiger partial charge is 0.496 e. The molecule has 0 saturated heterocycles. The lowest BCUT2D eigenvalue weighted by atomic mass is 9.68. The van der Waals surface area contributed by atoms with E-state index in [1.165, 1.54) is 0 Å². The van der Waals surface area contributed by atoms with Crippen LogP contribution in [0.3, 0.4) is 0 Å². The van der Waals surface area contributed by atoms with E-state index in [1.54, 1.807) is 19.2 Å². The van der Waals surface area contributed by atoms with Crippen molar-refractivity contribution in [1.29, 1.82) is 0 Å². The summed E-state index contributed by atoms with van der Waals surface area (Å²) in [4.78, 5) is 11.9. The second kappa shape index (κ2) is 5.41. The Bertz CT molecular complexity index is 490. The molecule has 0 spiro atoms. The third kappa shape index (κ3) is 2.32. The van der Waals surface area contributed by atoms with Gasteiger partial charge in [-0.05, 0) is 37.5 Å². The van der Waals surface area contributed by atoms with Gasteiger partial charge in [0.2, 0.25) is 0 Å². The first-order valence-corrected chi connectivity index (χ1v) is 6.97. The number of benzene rings is 1. The van der Waals surface area contributed by atoms with E-state index in [-0.39, 0.29) is 0 Å². The van der Waals surface area contributed by atoms with Crippen LogP contribution in [0.1, 0.15) is 43.2 Å². The van der Waals surface area contributed by atoms with Crippen LogP contribution < -0.4 is 4.74 Å². The van der Waals surface area contributed by atoms with Crippen LogP contribution >= 0.6 is 11.6 Å². The Morgan fingerprint density at radius 1 is 1.32 bits per heavy atom. The van der Waals surface area contributed by atoms with Gasteiger partial charge in [-0.2, -0.15) is 0 Å². The van der Waals surface area contributed by atoms with E-state index in [0.29, 0.717) is 23.6 Å². The fraction of sp³-hybridized carbons (Fsp3) is 0.533. The molecule has 2 rings (SSSR count). The SMILES string of the molecule is COc1ccc(Cl)c(C)c1C1(C(=O)O)CCCCC1. The Hall–Kier alpha value is -1.22. The van der Waals surface area contributed by atoms with Crippen molar-refractivity contribution in [3.05, 3.63) is 28.3 Å². The fourth-order valence-corrected chi connectivity index (χ4v) is 3.31. The summed E-state index contributed by atoms with van der Waals surface area (Å²) in [6.45, 7) is 1.87. The molecule has 0 radical (unpaired) electrons. The summed E-state index contributed by atoms with van der Waals surface area (Å²) < 4.78 is 5.39. The summed E-state index contributed by atoms with van der Waals surface area (Å²) in [5.41, 5.74) is 0.735. The minimum atomic E-state index is -0.849. The summed E-state index contributed by atoms with van der Waals surface area (Å²) >= 11 is 6.18. The second-order valence-electron chi connectivity index (χ2n) is 5.20. The van der Waals surface area contributed by atoms with E-state index in [4.69, 9.17) is 16.3 Å². The average Bonchev–Trinajstić information content (AvgIpc) is 2.42. The highest BCUT2D eigenvalue weighted by molar-refractivity contribution is 6.31. The fourth-order valence-electron chi connectivity index (χ4n) is 3.15. The molecule has 1 fully saturated rings. The molecule has 1 aliphatic carbocycles. The second-order valence-corrected chi connectivity index (χ2v) is 5.60. The smallest absolute Gasteiger partial charge is 0.314 e. The zero-order valence-electron chi connectivity index (χ0n) is 11.3. The first kappa shape index (κ1) is 14.2. The molecule has 1 aromatic rings. The number of hydrogen-bond acceptors (Lipinski definition) is 2. The van der Waals surface area contributed by atoms with Gasteiger partial charge in [0.15, 0.2) is 0 Å². The predicted octanol–water partition coefficient (Wildman–Crippen LogP) is 3.94. The lowest BCUT2D eigenvalue weighted by Crippen LogP contribution is -2.38. The van der Waals surface area contributed by atoms with Crippen molar-refractivity contribution in [2.75, 3.05) is 7.11 Å². The summed E-state index contributed by atoms with van der Waals surface area (Å²) in [6, 6.07) is 3.53. The van der Waals surface area contributed by atoms with E-state index in [0.717, 1.165) is 30.4 Å². The van der Waals surface area contributed by atoms with Crippen molar-refractivity contribution in [2.45, 2.75) is 44.4 Å². The highest BCUT2D eigenvalue weighted by atomic mass is 35.5. The number of hydrogen-bond donors (Lipinski definition) is 1. The van der Waals surface area contributed by atoms with Crippen LogP contribution in [0.15, 0.2) is 12.1 Å². The van der Waals surface area contributed by atoms with Gasteiger partial charge in [0.25, 0.3) is 0 Å². The van der Waals surface area contributed by atoms with Crippen LogP contribution in [0.25, 0.3) is 0 Å². The summed E-state index contributed by atoms with van der Waals surface area (Å²) in [7, 11) is 1.57. The van der Waals surface area contributed by atoms with Crippen LogP contribution in [0, 0.1) is 6.92 Å². The highest BCUT2D eigenvalue weighted by Crippen LogP contribution is 2.46. The van der Waals surface area contributed by atoms with Crippen LogP contribution in [-0.4, -0.2) is 18.2 Å². The molecule has 0 bridgehead atoms. The van der Waals surface area contributed by atoms with Gasteiger partial charge in [0, 0.05) is 10.6 Å². The topological polar surface area (TPSA) is 46.5 Å². The standard InChI is InChI=1S/C15H19ClO3/c1-10-11(16)6-7-12(19-2)13(10)15(14(17)18)8-4-3-5-9-15/h6-7H,3-5,8-9H2,1-2H3,(H,17,18). The first-order valence-electron chi connectivity index (χ1n) is 6.60. The number of carboxylic acids is 1. The molecule has 1 saturated carbocycles. The van der Waals surface area contributed by atoms with Crippen molar-refractivity contribution in [2.24, 2.45) is 0 Å². The molecule has 0 heterocycles. The summed E-state index contributed by atoms with van der Waals surface area (Å²) in [6.07, 6.45) is 4.26. The maximum Gasteiger partial charge on any atom is 0.314 e. The van der Waals surface area contributed by atoms with Gasteiger partial charge < -0.3 is 9.84 Å². The van der Waals surface area contributed by atoms with Gasteiger partial charge in [-0.25, -0.2) is 0 Å². The predicted molar refractivity (Wildman–Crippen MR) is 75.1 cm³/mol. The molecular weight excluding hydrogens is 264 g/mol. The molecule has 0 atom stereocenters. The quantitative estimate of drug-likeness (QED) is 0.913. The Morgan fingerprint density at radius 3 is 2.47 bits per heavy atom. The molecule has 0 amide bonds. The molecule has 0 aliphatic heterocycles. The lowest BCUT2D eigenvalue weighted by molar-refractivity contribution is -0.145. The Morgan fingerprint density at radius 2 is 1.95 bits per heavy atom. The van der Waals surface area contributed by atoms with Crippen LogP contribution in [0.4, 0.5) is 0 Å². The number of carboxylic acid groups (broad SMARTS) is 1. The molecule has 1 aliphatic rings. The molecule has 104 valence electrons. The third-order valence-corrected chi connectivity index (χ3v) is 4.59. The van der Waals surface area contributed by atoms with Crippen LogP contribution in [0.5, 0.6) is 5.75 Å². The Kier molecular flexibility index (Phi) is 4.04. The normalized spacial score (nSPS) is 18.1. The molecular formula is C15H19ClO3. The monoisotopic (exact) mass is 282 g/mol. The number of ether oxygens (including phenoxy) is 1. The minimum absolute atomic E-state index is 0.599. The van der Waals surface area contributed by atoms with E-state index >= 15 is 0 Å². The van der Waals surface area contributed by atoms with E-state index in [9.17, 15) is 9.90 Å². The molecule has 4 heteroatoms. The number of aliphatic carboxylic acids is 1. The van der Waals surface area contributed by atoms with E-state index < -0.39 is 11.4 Å². The zero-order valence-corrected chi connectivity index (χ0v) is 12.1. The molecule has 0 unspecified atom stereocenters. The highest BCUT2D eigenvalue weighted by Gasteiger charge is 2.44. The van der Waals surface area contributed by atoms with Crippen LogP contribution in [0.2, 0.25) is 5.02 Å². The molecule has 0 aromatic heterocycles. The molecule has 19 heavy (non-hydrogen) atoms. The lowest BCUT2D eigenvalue weighted by Gasteiger charge is -2.36. The Balaban J connectivity index is 2.65. The Labute approximate surface area is 118 Å². The van der Waals surface area contributed by atoms with Crippen LogP contribution in [-0.2, 0) is 10.2 Å². The van der Waals surface area contributed by atoms with Gasteiger partial charge >= 0.3 is 5.97 Å². The average molecular weight is 283 g/mol. The molecule has 3 nitrogen and oxygen atoms in total. The molecule has 1 aromatic carbocycles. The number of halogens is 1. The maximum absolute atomic E-state index is 11.9. The maximum atomic E-state index is 11.9. The zero-order chi connectivity index (χ0) is 14.0. The van der Waals surface area contributed by atoms with E-state index in [1.807, 2.05) is 6.92 Å². The van der Waals surface area contributed by atoms with Crippen molar-refractivity contribution < 1.29 is 14.6 Å². The van der Waals surface area contributed by atoms with Crippen molar-refractivity contribution in [1.82, 2.24) is 0 Å². The van der Waals surface area contributed by atoms with E-state index in [2.05, 4.69) is 0 Å². The first-order chi connectivity index (χ1) is 9.03. The number of methoxy groups -OCH3 is 1. The van der Waals surface area contributed by atoms with Gasteiger partial charge in [-0.15, -0.1) is 0 Å². The third-order valence-electron chi connectivity index (χ3n) is 4.18. The summed E-state index contributed by atoms with van der Waals surface area (Å²) in [5.74, 6) is -0.137. The number of rotatable bonds is 3. The van der Waals surface area contributed by atoms with Gasteiger partial charge in [0.1, 0.15) is 5.75 Å². The molecule has 1 N–H and O–H groups in total. The van der Waals surface area contributed by atoms with Gasteiger partial charge in [0.05, 0.1) is 12.5 Å². The van der Waals surface area contributed by atoms with Crippen molar-refractivity contribution >= 4 is 17.6 Å². The number of carbonyl (C=O) groups is 1. The van der Waals surface area contributed by atoms with Gasteiger partial charge in [-0.3, -0.25) is 4.79 Å². The van der Waals surface area contributed by atoms with Gasteiger partial charge in [-0.1, -0.05) is 30.9 Å². The van der Waals surface area contributed by atoms with Crippen molar-refractivity contribution in [3.8, 4) is 5.75 Å².